The van der Waals surface area contributed by atoms with E-state index in [1.54, 1.807) is 4.90 Å². The van der Waals surface area contributed by atoms with E-state index in [0.29, 0.717) is 5.58 Å². The molecule has 0 saturated carbocycles. The number of likely N-dealkylation sites (tertiary alicyclic amines) is 1. The molecule has 5 nitrogen and oxygen atoms in total. The molecular weight excluding hydrogens is 294 g/mol. The van der Waals surface area contributed by atoms with Gasteiger partial charge in [-0.15, -0.1) is 0 Å². The van der Waals surface area contributed by atoms with Crippen LogP contribution in [0.1, 0.15) is 41.8 Å². The number of carbonyl (C=O) groups is 2. The molecule has 0 aliphatic carbocycles. The number of benzene rings is 1. The maximum Gasteiger partial charge on any atom is 0.375 e. The lowest BCUT2D eigenvalue weighted by Crippen LogP contribution is -2.35. The molecule has 1 saturated heterocycles. The van der Waals surface area contributed by atoms with Crippen LogP contribution in [0.4, 0.5) is 0 Å². The number of ether oxygens (including phenoxy) is 1. The monoisotopic (exact) mass is 315 g/mol. The molecule has 2 aromatic rings. The van der Waals surface area contributed by atoms with Crippen LogP contribution in [0.15, 0.2) is 28.7 Å². The molecule has 0 spiro atoms. The van der Waals surface area contributed by atoms with E-state index in [4.69, 9.17) is 9.15 Å². The molecule has 1 aliphatic heterocycles. The van der Waals surface area contributed by atoms with Crippen molar-refractivity contribution in [3.63, 3.8) is 0 Å². The number of para-hydroxylation sites is 1. The van der Waals surface area contributed by atoms with Crippen molar-refractivity contribution in [3.05, 3.63) is 35.6 Å². The molecule has 5 heteroatoms. The summed E-state index contributed by atoms with van der Waals surface area (Å²) in [7, 11) is 0. The minimum Gasteiger partial charge on any atom is -0.450 e. The smallest absolute Gasteiger partial charge is 0.375 e. The van der Waals surface area contributed by atoms with Crippen LogP contribution in [0.3, 0.4) is 0 Å². The van der Waals surface area contributed by atoms with Gasteiger partial charge in [0, 0.05) is 24.0 Å². The minimum atomic E-state index is -0.582. The van der Waals surface area contributed by atoms with E-state index in [1.807, 2.05) is 31.2 Å². The molecule has 1 fully saturated rings. The standard InChI is InChI=1S/C18H21NO4/c1-13-14-8-4-5-9-15(14)23-17(13)18(21)22-12-16(20)19-10-6-2-3-7-11-19/h4-5,8-9H,2-3,6-7,10-12H2,1H3. The summed E-state index contributed by atoms with van der Waals surface area (Å²) in [6.07, 6.45) is 4.34. The Morgan fingerprint density at radius 1 is 1.13 bits per heavy atom. The van der Waals surface area contributed by atoms with Crippen LogP contribution in [0.5, 0.6) is 0 Å². The highest BCUT2D eigenvalue weighted by Crippen LogP contribution is 2.25. The number of aryl methyl sites for hydroxylation is 1. The Labute approximate surface area is 135 Å². The second-order valence-corrected chi connectivity index (χ2v) is 5.92. The first-order valence-corrected chi connectivity index (χ1v) is 8.10. The molecule has 1 amide bonds. The van der Waals surface area contributed by atoms with Crippen LogP contribution < -0.4 is 0 Å². The van der Waals surface area contributed by atoms with Crippen molar-refractivity contribution in [2.75, 3.05) is 19.7 Å². The number of amides is 1. The van der Waals surface area contributed by atoms with Gasteiger partial charge in [0.25, 0.3) is 5.91 Å². The zero-order valence-electron chi connectivity index (χ0n) is 13.3. The third-order valence-electron chi connectivity index (χ3n) is 4.31. The summed E-state index contributed by atoms with van der Waals surface area (Å²) in [5.41, 5.74) is 1.39. The summed E-state index contributed by atoms with van der Waals surface area (Å²) >= 11 is 0. The van der Waals surface area contributed by atoms with Gasteiger partial charge in [0.1, 0.15) is 5.58 Å². The van der Waals surface area contributed by atoms with Gasteiger partial charge in [0.2, 0.25) is 5.76 Å². The Kier molecular flexibility index (Phi) is 4.65. The van der Waals surface area contributed by atoms with Crippen molar-refractivity contribution in [1.82, 2.24) is 4.90 Å². The molecule has 0 bridgehead atoms. The number of hydrogen-bond acceptors (Lipinski definition) is 4. The molecule has 122 valence electrons. The van der Waals surface area contributed by atoms with Gasteiger partial charge in [-0.3, -0.25) is 4.79 Å². The molecule has 3 rings (SSSR count). The molecule has 0 unspecified atom stereocenters. The molecule has 0 radical (unpaired) electrons. The van der Waals surface area contributed by atoms with Crippen LogP contribution in [0, 0.1) is 6.92 Å². The van der Waals surface area contributed by atoms with E-state index in [1.165, 1.54) is 0 Å². The fourth-order valence-electron chi connectivity index (χ4n) is 2.97. The van der Waals surface area contributed by atoms with Crippen molar-refractivity contribution in [1.29, 1.82) is 0 Å². The van der Waals surface area contributed by atoms with Gasteiger partial charge < -0.3 is 14.1 Å². The summed E-state index contributed by atoms with van der Waals surface area (Å²) in [5.74, 6) is -0.536. The van der Waals surface area contributed by atoms with E-state index >= 15 is 0 Å². The molecule has 23 heavy (non-hydrogen) atoms. The predicted molar refractivity (Wildman–Crippen MR) is 86.3 cm³/mol. The predicted octanol–water partition coefficient (Wildman–Crippen LogP) is 3.30. The Bertz CT molecular complexity index is 711. The summed E-state index contributed by atoms with van der Waals surface area (Å²) < 4.78 is 10.7. The van der Waals surface area contributed by atoms with Gasteiger partial charge in [0.15, 0.2) is 6.61 Å². The SMILES string of the molecule is Cc1c(C(=O)OCC(=O)N2CCCCCC2)oc2ccccc12. The van der Waals surface area contributed by atoms with Crippen molar-refractivity contribution >= 4 is 22.8 Å². The van der Waals surface area contributed by atoms with Gasteiger partial charge in [-0.25, -0.2) is 4.79 Å². The highest BCUT2D eigenvalue weighted by Gasteiger charge is 2.22. The van der Waals surface area contributed by atoms with Gasteiger partial charge >= 0.3 is 5.97 Å². The number of esters is 1. The maximum absolute atomic E-state index is 12.2. The largest absolute Gasteiger partial charge is 0.450 e. The van der Waals surface area contributed by atoms with E-state index in [9.17, 15) is 9.59 Å². The average molecular weight is 315 g/mol. The summed E-state index contributed by atoms with van der Waals surface area (Å²) in [6.45, 7) is 3.09. The summed E-state index contributed by atoms with van der Waals surface area (Å²) in [6, 6.07) is 7.45. The fraction of sp³-hybridized carbons (Fsp3) is 0.444. The van der Waals surface area contributed by atoms with Crippen molar-refractivity contribution in [3.8, 4) is 0 Å². The van der Waals surface area contributed by atoms with E-state index in [2.05, 4.69) is 0 Å². The molecular formula is C18H21NO4. The number of rotatable bonds is 3. The number of nitrogens with zero attached hydrogens (tertiary/aromatic N) is 1. The lowest BCUT2D eigenvalue weighted by molar-refractivity contribution is -0.134. The van der Waals surface area contributed by atoms with Crippen molar-refractivity contribution in [2.45, 2.75) is 32.6 Å². The lowest BCUT2D eigenvalue weighted by atomic mass is 10.1. The molecule has 0 N–H and O–H groups in total. The molecule has 0 atom stereocenters. The van der Waals surface area contributed by atoms with Crippen LogP contribution in [0.2, 0.25) is 0 Å². The average Bonchev–Trinajstić information content (AvgIpc) is 2.76. The molecule has 1 aromatic heterocycles. The van der Waals surface area contributed by atoms with E-state index < -0.39 is 5.97 Å². The molecule has 2 heterocycles. The highest BCUT2D eigenvalue weighted by molar-refractivity contribution is 5.96. The van der Waals surface area contributed by atoms with Crippen molar-refractivity contribution < 1.29 is 18.7 Å². The van der Waals surface area contributed by atoms with Crippen molar-refractivity contribution in [2.24, 2.45) is 0 Å². The number of carbonyl (C=O) groups excluding carboxylic acids is 2. The van der Waals surface area contributed by atoms with E-state index in [-0.39, 0.29) is 18.3 Å². The maximum atomic E-state index is 12.2. The fourth-order valence-corrected chi connectivity index (χ4v) is 2.97. The third-order valence-corrected chi connectivity index (χ3v) is 4.31. The van der Waals surface area contributed by atoms with Crippen LogP contribution in [-0.4, -0.2) is 36.5 Å². The number of hydrogen-bond donors (Lipinski definition) is 0. The Hall–Kier alpha value is -2.30. The van der Waals surface area contributed by atoms with Crippen LogP contribution in [-0.2, 0) is 9.53 Å². The topological polar surface area (TPSA) is 59.8 Å². The zero-order chi connectivity index (χ0) is 16.2. The number of fused-ring (bicyclic) bond motifs is 1. The lowest BCUT2D eigenvalue weighted by Gasteiger charge is -2.19. The van der Waals surface area contributed by atoms with Gasteiger partial charge in [-0.2, -0.15) is 0 Å². The second kappa shape index (κ2) is 6.86. The molecule has 1 aliphatic rings. The summed E-state index contributed by atoms with van der Waals surface area (Å²) in [5, 5.41) is 0.887. The quantitative estimate of drug-likeness (QED) is 0.815. The van der Waals surface area contributed by atoms with Crippen LogP contribution >= 0.6 is 0 Å². The Balaban J connectivity index is 1.64. The highest BCUT2D eigenvalue weighted by atomic mass is 16.5. The Morgan fingerprint density at radius 3 is 2.52 bits per heavy atom. The Morgan fingerprint density at radius 2 is 1.83 bits per heavy atom. The third kappa shape index (κ3) is 3.38. The first-order chi connectivity index (χ1) is 11.2. The van der Waals surface area contributed by atoms with E-state index in [0.717, 1.165) is 49.7 Å². The first kappa shape index (κ1) is 15.6. The molecule has 1 aromatic carbocycles. The minimum absolute atomic E-state index is 0.131. The zero-order valence-corrected chi connectivity index (χ0v) is 13.3. The first-order valence-electron chi connectivity index (χ1n) is 8.10. The second-order valence-electron chi connectivity index (χ2n) is 5.92. The van der Waals surface area contributed by atoms with Gasteiger partial charge in [-0.1, -0.05) is 31.0 Å². The van der Waals surface area contributed by atoms with Crippen LogP contribution in [0.25, 0.3) is 11.0 Å². The summed E-state index contributed by atoms with van der Waals surface area (Å²) in [4.78, 5) is 26.1. The normalized spacial score (nSPS) is 15.4. The number of furan rings is 1. The van der Waals surface area contributed by atoms with Gasteiger partial charge in [0.05, 0.1) is 0 Å². The van der Waals surface area contributed by atoms with Gasteiger partial charge in [-0.05, 0) is 25.8 Å².